The average Bonchev–Trinajstić information content (AvgIpc) is 2.30. The van der Waals surface area contributed by atoms with E-state index in [1.54, 1.807) is 18.2 Å². The van der Waals surface area contributed by atoms with E-state index in [-0.39, 0.29) is 5.56 Å². The lowest BCUT2D eigenvalue weighted by Gasteiger charge is -2.14. The molecule has 2 aromatic carbocycles. The summed E-state index contributed by atoms with van der Waals surface area (Å²) in [5.74, 6) is 0. The first kappa shape index (κ1) is 12.2. The molecule has 0 radical (unpaired) electrons. The number of hydrogen-bond acceptors (Lipinski definition) is 0. The fourth-order valence-electron chi connectivity index (χ4n) is 1.77. The summed E-state index contributed by atoms with van der Waals surface area (Å²) < 4.78 is 26.7. The zero-order valence-electron chi connectivity index (χ0n) is 9.04. The first-order valence-corrected chi connectivity index (χ1v) is 6.06. The number of benzene rings is 2. The second kappa shape index (κ2) is 4.96. The largest absolute Gasteiger partial charge is 0.326 e. The van der Waals surface area contributed by atoms with E-state index in [2.05, 4.69) is 15.9 Å². The fourth-order valence-corrected chi connectivity index (χ4v) is 2.15. The predicted molar refractivity (Wildman–Crippen MR) is 68.5 cm³/mol. The molecule has 0 unspecified atom stereocenters. The van der Waals surface area contributed by atoms with E-state index in [0.717, 1.165) is 5.56 Å². The van der Waals surface area contributed by atoms with Crippen LogP contribution in [0.4, 0.5) is 8.78 Å². The molecule has 0 spiro atoms. The van der Waals surface area contributed by atoms with Gasteiger partial charge in [0.15, 0.2) is 0 Å². The lowest BCUT2D eigenvalue weighted by Crippen LogP contribution is -2.07. The molecular formula is C14H11BrF2. The summed E-state index contributed by atoms with van der Waals surface area (Å²) in [5.41, 5.74) is 1.70. The van der Waals surface area contributed by atoms with Gasteiger partial charge in [-0.2, -0.15) is 8.78 Å². The molecule has 0 aliphatic rings. The monoisotopic (exact) mass is 296 g/mol. The molecular weight excluding hydrogens is 286 g/mol. The molecule has 0 heterocycles. The molecule has 0 aliphatic carbocycles. The Morgan fingerprint density at radius 2 is 1.47 bits per heavy atom. The summed E-state index contributed by atoms with van der Waals surface area (Å²) >= 11 is 2.42. The third kappa shape index (κ3) is 3.13. The van der Waals surface area contributed by atoms with Crippen LogP contribution in [0.5, 0.6) is 0 Å². The van der Waals surface area contributed by atoms with E-state index in [4.69, 9.17) is 0 Å². The van der Waals surface area contributed by atoms with Crippen LogP contribution in [0.25, 0.3) is 0 Å². The van der Waals surface area contributed by atoms with Crippen molar-refractivity contribution in [2.75, 3.05) is 0 Å². The zero-order valence-corrected chi connectivity index (χ0v) is 10.6. The van der Waals surface area contributed by atoms with E-state index in [1.165, 1.54) is 6.07 Å². The lowest BCUT2D eigenvalue weighted by molar-refractivity contribution is 0.113. The van der Waals surface area contributed by atoms with Crippen molar-refractivity contribution in [1.82, 2.24) is 0 Å². The van der Waals surface area contributed by atoms with E-state index in [0.29, 0.717) is 12.0 Å². The standard InChI is InChI=1S/C14H11BrF2/c15-14(16,17)13-9-5-4-8-12(13)10-11-6-2-1-3-7-11/h1-9H,10H2. The number of halogens is 3. The molecule has 0 aliphatic heterocycles. The molecule has 0 saturated carbocycles. The van der Waals surface area contributed by atoms with Gasteiger partial charge in [-0.15, -0.1) is 0 Å². The van der Waals surface area contributed by atoms with Crippen LogP contribution in [0, 0.1) is 0 Å². The highest BCUT2D eigenvalue weighted by Gasteiger charge is 2.29. The molecule has 0 fully saturated rings. The van der Waals surface area contributed by atoms with Crippen molar-refractivity contribution in [3.63, 3.8) is 0 Å². The van der Waals surface area contributed by atoms with Crippen LogP contribution in [0.3, 0.4) is 0 Å². The lowest BCUT2D eigenvalue weighted by atomic mass is 10.00. The van der Waals surface area contributed by atoms with Crippen LogP contribution >= 0.6 is 15.9 Å². The summed E-state index contributed by atoms with van der Waals surface area (Å²) in [6.07, 6.45) is 0.512. The summed E-state index contributed by atoms with van der Waals surface area (Å²) in [6, 6.07) is 16.2. The van der Waals surface area contributed by atoms with Gasteiger partial charge in [-0.05, 0) is 33.5 Å². The van der Waals surface area contributed by atoms with Gasteiger partial charge in [0.2, 0.25) is 0 Å². The molecule has 88 valence electrons. The Hall–Kier alpha value is -1.22. The number of hydrogen-bond donors (Lipinski definition) is 0. The Morgan fingerprint density at radius 1 is 0.882 bits per heavy atom. The predicted octanol–water partition coefficient (Wildman–Crippen LogP) is 4.72. The van der Waals surface area contributed by atoms with E-state index in [9.17, 15) is 8.78 Å². The summed E-state index contributed by atoms with van der Waals surface area (Å²) in [5, 5.41) is 0. The molecule has 0 atom stereocenters. The zero-order chi connectivity index (χ0) is 12.3. The maximum absolute atomic E-state index is 13.3. The van der Waals surface area contributed by atoms with Gasteiger partial charge >= 0.3 is 4.83 Å². The Bertz CT molecular complexity index is 489. The van der Waals surface area contributed by atoms with E-state index < -0.39 is 4.83 Å². The molecule has 17 heavy (non-hydrogen) atoms. The minimum Gasteiger partial charge on any atom is -0.188 e. The third-order valence-electron chi connectivity index (χ3n) is 2.56. The van der Waals surface area contributed by atoms with Crippen LogP contribution in [0.15, 0.2) is 54.6 Å². The van der Waals surface area contributed by atoms with Gasteiger partial charge in [0.05, 0.1) is 0 Å². The summed E-state index contributed by atoms with van der Waals surface area (Å²) in [4.78, 5) is -2.97. The normalized spacial score (nSPS) is 11.5. The quantitative estimate of drug-likeness (QED) is 0.719. The van der Waals surface area contributed by atoms with Crippen molar-refractivity contribution >= 4 is 15.9 Å². The van der Waals surface area contributed by atoms with Crippen molar-refractivity contribution in [2.45, 2.75) is 11.3 Å². The topological polar surface area (TPSA) is 0 Å². The number of rotatable bonds is 3. The van der Waals surface area contributed by atoms with Crippen LogP contribution < -0.4 is 0 Å². The molecule has 0 nitrogen and oxygen atoms in total. The summed E-state index contributed by atoms with van der Waals surface area (Å²) in [7, 11) is 0. The van der Waals surface area contributed by atoms with Gasteiger partial charge in [-0.3, -0.25) is 0 Å². The Morgan fingerprint density at radius 3 is 2.12 bits per heavy atom. The molecule has 3 heteroatoms. The van der Waals surface area contributed by atoms with E-state index in [1.807, 2.05) is 30.3 Å². The highest BCUT2D eigenvalue weighted by molar-refractivity contribution is 9.09. The maximum Gasteiger partial charge on any atom is 0.326 e. The molecule has 0 saturated heterocycles. The van der Waals surface area contributed by atoms with Crippen molar-refractivity contribution in [3.8, 4) is 0 Å². The average molecular weight is 297 g/mol. The van der Waals surface area contributed by atoms with Crippen LogP contribution in [0.1, 0.15) is 16.7 Å². The second-order valence-electron chi connectivity index (χ2n) is 3.82. The van der Waals surface area contributed by atoms with Crippen molar-refractivity contribution in [3.05, 3.63) is 71.3 Å². The third-order valence-corrected chi connectivity index (χ3v) is 2.99. The molecule has 0 N–H and O–H groups in total. The van der Waals surface area contributed by atoms with Crippen LogP contribution in [-0.4, -0.2) is 0 Å². The van der Waals surface area contributed by atoms with Gasteiger partial charge in [-0.25, -0.2) is 0 Å². The smallest absolute Gasteiger partial charge is 0.188 e. The van der Waals surface area contributed by atoms with Gasteiger partial charge in [0.25, 0.3) is 0 Å². The van der Waals surface area contributed by atoms with Crippen molar-refractivity contribution < 1.29 is 8.78 Å². The van der Waals surface area contributed by atoms with Gasteiger partial charge < -0.3 is 0 Å². The molecule has 0 bridgehead atoms. The maximum atomic E-state index is 13.3. The summed E-state index contributed by atoms with van der Waals surface area (Å²) in [6.45, 7) is 0. The Kier molecular flexibility index (Phi) is 3.57. The van der Waals surface area contributed by atoms with Crippen LogP contribution in [-0.2, 0) is 11.3 Å². The Balaban J connectivity index is 2.34. The highest BCUT2D eigenvalue weighted by Crippen LogP contribution is 2.37. The molecule has 2 rings (SSSR count). The van der Waals surface area contributed by atoms with Crippen molar-refractivity contribution in [1.29, 1.82) is 0 Å². The highest BCUT2D eigenvalue weighted by atomic mass is 79.9. The molecule has 0 aromatic heterocycles. The second-order valence-corrected chi connectivity index (χ2v) is 4.81. The Labute approximate surface area is 107 Å². The minimum atomic E-state index is -2.97. The van der Waals surface area contributed by atoms with Crippen molar-refractivity contribution in [2.24, 2.45) is 0 Å². The van der Waals surface area contributed by atoms with Gasteiger partial charge in [0, 0.05) is 5.56 Å². The van der Waals surface area contributed by atoms with Gasteiger partial charge in [-0.1, -0.05) is 54.6 Å². The SMILES string of the molecule is FC(F)(Br)c1ccccc1Cc1ccccc1. The van der Waals surface area contributed by atoms with Gasteiger partial charge in [0.1, 0.15) is 0 Å². The minimum absolute atomic E-state index is 0.0313. The molecule has 2 aromatic rings. The molecule has 0 amide bonds. The number of alkyl halides is 3. The van der Waals surface area contributed by atoms with E-state index >= 15 is 0 Å². The first-order chi connectivity index (χ1) is 8.07. The first-order valence-electron chi connectivity index (χ1n) is 5.26. The fraction of sp³-hybridized carbons (Fsp3) is 0.143. The van der Waals surface area contributed by atoms with Crippen LogP contribution in [0.2, 0.25) is 0 Å².